The lowest BCUT2D eigenvalue weighted by Gasteiger charge is -2.49. The Morgan fingerprint density at radius 1 is 0.691 bits per heavy atom. The molecule has 10 heteroatoms. The van der Waals surface area contributed by atoms with Crippen LogP contribution in [-0.2, 0) is 22.1 Å². The summed E-state index contributed by atoms with van der Waals surface area (Å²) >= 11 is 0. The highest BCUT2D eigenvalue weighted by Gasteiger charge is 2.53. The third kappa shape index (κ3) is 16.3. The second kappa shape index (κ2) is 22.1. The monoisotopic (exact) mass is 1030 g/mol. The molecule has 0 spiro atoms. The van der Waals surface area contributed by atoms with E-state index in [0.29, 0.717) is 23.7 Å². The highest BCUT2D eigenvalue weighted by molar-refractivity contribution is 6.75. The highest BCUT2D eigenvalue weighted by Crippen LogP contribution is 2.61. The van der Waals surface area contributed by atoms with Gasteiger partial charge in [-0.25, -0.2) is 0 Å². The van der Waals surface area contributed by atoms with Crippen molar-refractivity contribution in [1.82, 2.24) is 0 Å². The Kier molecular flexibility index (Phi) is 20.3. The topological polar surface area (TPSA) is 46.2 Å². The first kappa shape index (κ1) is 62.4. The molecule has 7 atom stereocenters. The van der Waals surface area contributed by atoms with Crippen LogP contribution in [0.1, 0.15) is 181 Å². The van der Waals surface area contributed by atoms with Crippen molar-refractivity contribution < 1.29 is 22.1 Å². The first-order valence-electron chi connectivity index (χ1n) is 27.8. The Hall–Kier alpha value is 0.104. The van der Waals surface area contributed by atoms with Gasteiger partial charge in [0.15, 0.2) is 41.6 Å². The van der Waals surface area contributed by atoms with E-state index < -0.39 is 41.6 Å². The minimum absolute atomic E-state index is 0.00275. The highest BCUT2D eigenvalue weighted by atomic mass is 28.4. The molecule has 68 heavy (non-hydrogen) atoms. The molecule has 398 valence electrons. The molecule has 3 rings (SSSR count). The van der Waals surface area contributed by atoms with Crippen molar-refractivity contribution in [3.05, 3.63) is 35.5 Å². The standard InChI is InChI=1S/C58H116O5Si5/c1-43(2)57(14,15)68(27,28)61-52(56(12,13)63-65(20,21)22)38-35-46(31-29-39-55(10,11)62-64(17,18)19)50-37-36-49-45(32-30-40-58(49,50)16)33-34-47-41-48(59-66(23,24)53(4,5)6)42-51(44(47)3)60-67(25,26)54(7,8)9/h33-34,43,46,48-52H,3,29-32,35-42H2,1-2,4-28H3/t46-,48-,49-,50-,51+,52-,58+/m1/s1. The van der Waals surface area contributed by atoms with Crippen molar-refractivity contribution in [3.8, 4) is 0 Å². The second-order valence-corrected chi connectivity index (χ2v) is 53.3. The molecule has 0 aromatic carbocycles. The molecule has 5 nitrogen and oxygen atoms in total. The van der Waals surface area contributed by atoms with E-state index in [2.05, 4.69) is 195 Å². The predicted molar refractivity (Wildman–Crippen MR) is 312 cm³/mol. The van der Waals surface area contributed by atoms with Crippen molar-refractivity contribution in [1.29, 1.82) is 0 Å². The molecule has 0 aromatic heterocycles. The number of hydrogen-bond acceptors (Lipinski definition) is 5. The summed E-state index contributed by atoms with van der Waals surface area (Å²) in [7, 11) is -9.73. The molecule has 0 heterocycles. The van der Waals surface area contributed by atoms with E-state index in [9.17, 15) is 0 Å². The van der Waals surface area contributed by atoms with Gasteiger partial charge in [0, 0.05) is 6.42 Å². The number of allylic oxidation sites excluding steroid dienone is 3. The van der Waals surface area contributed by atoms with E-state index >= 15 is 0 Å². The molecule has 0 bridgehead atoms. The maximum Gasteiger partial charge on any atom is 0.193 e. The Bertz CT molecular complexity index is 1730. The quantitative estimate of drug-likeness (QED) is 0.101. The van der Waals surface area contributed by atoms with Gasteiger partial charge in [-0.2, -0.15) is 0 Å². The van der Waals surface area contributed by atoms with Crippen LogP contribution in [0.5, 0.6) is 0 Å². The van der Waals surface area contributed by atoms with E-state index in [-0.39, 0.29) is 50.0 Å². The van der Waals surface area contributed by atoms with Crippen LogP contribution in [0.15, 0.2) is 35.5 Å². The normalized spacial score (nSPS) is 26.8. The third-order valence-electron chi connectivity index (χ3n) is 18.9. The minimum atomic E-state index is -2.16. The van der Waals surface area contributed by atoms with E-state index in [1.54, 1.807) is 5.57 Å². The number of hydrogen-bond donors (Lipinski definition) is 0. The molecule has 0 amide bonds. The molecule has 0 aliphatic heterocycles. The maximum atomic E-state index is 7.63. The molecule has 0 saturated heterocycles. The van der Waals surface area contributed by atoms with Gasteiger partial charge >= 0.3 is 0 Å². The molecule has 0 N–H and O–H groups in total. The average molecular weight is 1030 g/mol. The molecule has 0 aromatic rings. The maximum absolute atomic E-state index is 7.63. The van der Waals surface area contributed by atoms with Gasteiger partial charge in [0.2, 0.25) is 0 Å². The number of rotatable bonds is 22. The molecule has 3 saturated carbocycles. The average Bonchev–Trinajstić information content (AvgIpc) is 3.46. The van der Waals surface area contributed by atoms with E-state index in [1.807, 2.05) is 0 Å². The minimum Gasteiger partial charge on any atom is -0.413 e. The Morgan fingerprint density at radius 2 is 1.24 bits per heavy atom. The summed E-state index contributed by atoms with van der Waals surface area (Å²) in [6.45, 7) is 69.3. The van der Waals surface area contributed by atoms with Gasteiger partial charge in [-0.1, -0.05) is 113 Å². The van der Waals surface area contributed by atoms with Crippen LogP contribution >= 0.6 is 0 Å². The van der Waals surface area contributed by atoms with Gasteiger partial charge in [-0.05, 0) is 219 Å². The lowest BCUT2D eigenvalue weighted by atomic mass is 9.60. The largest absolute Gasteiger partial charge is 0.413 e. The Balaban J connectivity index is 2.07. The fourth-order valence-electron chi connectivity index (χ4n) is 12.0. The van der Waals surface area contributed by atoms with Crippen molar-refractivity contribution in [3.63, 3.8) is 0 Å². The van der Waals surface area contributed by atoms with Gasteiger partial charge in [0.05, 0.1) is 29.5 Å². The summed E-state index contributed by atoms with van der Waals surface area (Å²) in [5, 5.41) is 0.414. The van der Waals surface area contributed by atoms with Gasteiger partial charge in [0.25, 0.3) is 0 Å². The van der Waals surface area contributed by atoms with Crippen molar-refractivity contribution in [2.45, 2.75) is 304 Å². The lowest BCUT2D eigenvalue weighted by molar-refractivity contribution is -0.0373. The summed E-state index contributed by atoms with van der Waals surface area (Å²) in [4.78, 5) is 0. The first-order chi connectivity index (χ1) is 30.3. The van der Waals surface area contributed by atoms with E-state index in [0.717, 1.165) is 25.7 Å². The Morgan fingerprint density at radius 3 is 1.75 bits per heavy atom. The molecule has 3 fully saturated rings. The van der Waals surface area contributed by atoms with Crippen LogP contribution in [0.2, 0.25) is 93.7 Å². The fourth-order valence-corrected chi connectivity index (χ4v) is 21.0. The fraction of sp³-hybridized carbons (Fsp3) is 0.897. The smallest absolute Gasteiger partial charge is 0.193 e. The first-order valence-corrected chi connectivity index (χ1v) is 43.3. The van der Waals surface area contributed by atoms with Crippen LogP contribution in [0, 0.1) is 29.1 Å². The van der Waals surface area contributed by atoms with Crippen molar-refractivity contribution in [2.75, 3.05) is 0 Å². The molecule has 3 aliphatic carbocycles. The summed E-state index contributed by atoms with van der Waals surface area (Å²) in [5.74, 6) is 2.46. The zero-order valence-electron chi connectivity index (χ0n) is 50.4. The molecular weight excluding hydrogens is 917 g/mol. The van der Waals surface area contributed by atoms with Crippen LogP contribution < -0.4 is 0 Å². The van der Waals surface area contributed by atoms with Gasteiger partial charge < -0.3 is 22.1 Å². The van der Waals surface area contributed by atoms with Gasteiger partial charge in [-0.15, -0.1) is 0 Å². The van der Waals surface area contributed by atoms with E-state index in [1.165, 1.54) is 62.5 Å². The molecule has 0 unspecified atom stereocenters. The van der Waals surface area contributed by atoms with Crippen LogP contribution in [0.25, 0.3) is 0 Å². The summed E-state index contributed by atoms with van der Waals surface area (Å²) in [5.41, 5.74) is 4.02. The van der Waals surface area contributed by atoms with E-state index in [4.69, 9.17) is 28.7 Å². The van der Waals surface area contributed by atoms with Crippen LogP contribution in [0.3, 0.4) is 0 Å². The van der Waals surface area contributed by atoms with Crippen LogP contribution in [0.4, 0.5) is 0 Å². The van der Waals surface area contributed by atoms with Gasteiger partial charge in [-0.3, -0.25) is 0 Å². The van der Waals surface area contributed by atoms with Gasteiger partial charge in [0.1, 0.15) is 0 Å². The number of fused-ring (bicyclic) bond motifs is 1. The summed E-state index contributed by atoms with van der Waals surface area (Å²) in [6.07, 6.45) is 19.3. The van der Waals surface area contributed by atoms with Crippen molar-refractivity contribution in [2.24, 2.45) is 29.1 Å². The molecular formula is C58H116O5Si5. The third-order valence-corrected chi connectivity index (χ3v) is 34.7. The predicted octanol–water partition coefficient (Wildman–Crippen LogP) is 19.0. The lowest BCUT2D eigenvalue weighted by Crippen LogP contribution is -2.55. The van der Waals surface area contributed by atoms with Crippen LogP contribution in [-0.4, -0.2) is 71.1 Å². The Labute approximate surface area is 430 Å². The summed E-state index contributed by atoms with van der Waals surface area (Å²) < 4.78 is 36.0. The molecule has 0 radical (unpaired) electrons. The van der Waals surface area contributed by atoms with Crippen molar-refractivity contribution >= 4 is 41.6 Å². The summed E-state index contributed by atoms with van der Waals surface area (Å²) in [6, 6.07) is 0. The zero-order valence-corrected chi connectivity index (χ0v) is 55.4. The zero-order chi connectivity index (χ0) is 52.7. The molecule has 3 aliphatic rings. The second-order valence-electron chi connectivity index (χ2n) is 30.4. The SMILES string of the molecule is C=C1C(=CC=C2CCC[C@@]3(C)[C@@H]2CC[C@@H]3[C@H](CCCC(C)(C)O[Si](C)(C)C)CC[C@@H](O[Si](C)(C)C(C)(C)C(C)C)C(C)(C)O[Si](C)(C)C)C[C@@H](O[Si](C)(C)C(C)(C)C)C[C@@H]1O[Si](C)(C)C(C)(C)C.